The molecule has 1 saturated heterocycles. The molecule has 4 atom stereocenters. The zero-order valence-electron chi connectivity index (χ0n) is 30.0. The van der Waals surface area contributed by atoms with Gasteiger partial charge in [0.15, 0.2) is 5.78 Å². The number of aliphatic hydroxyl groups is 1. The molecule has 3 aliphatic carbocycles. The molecule has 2 fully saturated rings. The van der Waals surface area contributed by atoms with Crippen LogP contribution in [-0.2, 0) is 17.7 Å². The summed E-state index contributed by atoms with van der Waals surface area (Å²) in [5.74, 6) is -0.536. The van der Waals surface area contributed by atoms with Crippen molar-refractivity contribution in [1.29, 1.82) is 0 Å². The molecule has 0 aromatic heterocycles. The molecule has 4 unspecified atom stereocenters. The average Bonchev–Trinajstić information content (AvgIpc) is 3.60. The van der Waals surface area contributed by atoms with Crippen molar-refractivity contribution in [3.8, 4) is 16.9 Å². The summed E-state index contributed by atoms with van der Waals surface area (Å²) in [5.41, 5.74) is 5.49. The van der Waals surface area contributed by atoms with Gasteiger partial charge < -0.3 is 14.6 Å². The Morgan fingerprint density at radius 2 is 1.66 bits per heavy atom. The molecule has 1 saturated carbocycles. The highest BCUT2D eigenvalue weighted by Gasteiger charge is 2.64. The van der Waals surface area contributed by atoms with E-state index in [1.165, 1.54) is 29.8 Å². The van der Waals surface area contributed by atoms with Crippen LogP contribution in [0.25, 0.3) is 11.1 Å². The summed E-state index contributed by atoms with van der Waals surface area (Å²) < 4.78 is 48.6. The number of hydrogen-bond donors (Lipinski definition) is 1. The molecular formula is C44H44F3NO5. The lowest BCUT2D eigenvalue weighted by Crippen LogP contribution is -2.48. The number of nitrogens with zero attached hydrogens (tertiary/aromatic N) is 1. The van der Waals surface area contributed by atoms with Crippen molar-refractivity contribution in [2.24, 2.45) is 5.41 Å². The van der Waals surface area contributed by atoms with Gasteiger partial charge in [0.05, 0.1) is 12.6 Å². The van der Waals surface area contributed by atoms with Gasteiger partial charge in [-0.2, -0.15) is 0 Å². The highest BCUT2D eigenvalue weighted by atomic mass is 19.4. The van der Waals surface area contributed by atoms with Crippen molar-refractivity contribution in [3.63, 3.8) is 0 Å². The van der Waals surface area contributed by atoms with Crippen molar-refractivity contribution in [2.75, 3.05) is 6.54 Å². The Labute approximate surface area is 308 Å². The summed E-state index contributed by atoms with van der Waals surface area (Å²) in [6.07, 6.45) is 0.923. The topological polar surface area (TPSA) is 76.1 Å². The number of fused-ring (bicyclic) bond motifs is 8. The number of aliphatic hydroxyl groups excluding tert-OH is 1. The Hall–Kier alpha value is -4.89. The van der Waals surface area contributed by atoms with Crippen molar-refractivity contribution in [3.05, 3.63) is 137 Å². The number of allylic oxidation sites excluding steroid dienone is 2. The van der Waals surface area contributed by atoms with E-state index in [0.717, 1.165) is 35.1 Å². The van der Waals surface area contributed by atoms with E-state index in [1.807, 2.05) is 72.8 Å². The second-order valence-corrected chi connectivity index (χ2v) is 15.1. The number of hydrogen-bond acceptors (Lipinski definition) is 5. The molecule has 4 aliphatic rings. The maximum atomic E-state index is 14.5. The minimum atomic E-state index is -4.79. The third-order valence-electron chi connectivity index (χ3n) is 11.7. The number of rotatable bonds is 6. The molecule has 2 bridgehead atoms. The van der Waals surface area contributed by atoms with Crippen molar-refractivity contribution < 1.29 is 37.3 Å². The number of amides is 1. The monoisotopic (exact) mass is 723 g/mol. The van der Waals surface area contributed by atoms with Gasteiger partial charge in [-0.25, -0.2) is 4.79 Å². The zero-order chi connectivity index (χ0) is 37.4. The first-order valence-electron chi connectivity index (χ1n) is 18.3. The van der Waals surface area contributed by atoms with Crippen molar-refractivity contribution in [2.45, 2.75) is 89.3 Å². The van der Waals surface area contributed by atoms with Gasteiger partial charge in [-0.1, -0.05) is 97.4 Å². The normalized spacial score (nSPS) is 24.8. The van der Waals surface area contributed by atoms with E-state index in [1.54, 1.807) is 4.90 Å². The van der Waals surface area contributed by atoms with E-state index in [0.29, 0.717) is 55.3 Å². The van der Waals surface area contributed by atoms with Crippen LogP contribution in [0.2, 0.25) is 0 Å². The quantitative estimate of drug-likeness (QED) is 0.158. The standard InChI is InChI=1S/C44H44F3NO5/c1-29-7-6-23-42(2)39(22-24-43(42)28-48(41(51)53-43)27-30-11-19-36(20-12-30)52-44(45,46)47)37-21-13-31(25-35(49)18-10-29)26-38(37)40(50)34-16-14-33(15-17-34)32-8-4-3-5-9-32/h3-5,7-9,11-17,19-21,26,35,39,49H,6,10,18,22-25,27-28H2,1-2H3. The summed E-state index contributed by atoms with van der Waals surface area (Å²) in [6, 6.07) is 29.2. The highest BCUT2D eigenvalue weighted by Crippen LogP contribution is 2.62. The number of carbonyl (C=O) groups excluding carboxylic acids is 2. The average molecular weight is 724 g/mol. The lowest BCUT2D eigenvalue weighted by atomic mass is 9.64. The molecule has 4 aromatic rings. The summed E-state index contributed by atoms with van der Waals surface area (Å²) in [7, 11) is 0. The van der Waals surface area contributed by atoms with E-state index in [9.17, 15) is 27.9 Å². The fourth-order valence-corrected chi connectivity index (χ4v) is 8.72. The number of benzene rings is 4. The molecule has 1 N–H and O–H groups in total. The van der Waals surface area contributed by atoms with E-state index < -0.39 is 29.6 Å². The fraction of sp³-hybridized carbons (Fsp3) is 0.364. The van der Waals surface area contributed by atoms with Gasteiger partial charge in [-0.05, 0) is 104 Å². The maximum absolute atomic E-state index is 14.5. The fourth-order valence-electron chi connectivity index (χ4n) is 8.72. The molecule has 9 heteroatoms. The van der Waals surface area contributed by atoms with Gasteiger partial charge in [-0.15, -0.1) is 13.2 Å². The highest BCUT2D eigenvalue weighted by molar-refractivity contribution is 6.10. The molecule has 1 amide bonds. The second kappa shape index (κ2) is 14.5. The first kappa shape index (κ1) is 36.5. The molecule has 6 nitrogen and oxygen atoms in total. The van der Waals surface area contributed by atoms with Crippen LogP contribution in [-0.4, -0.2) is 46.5 Å². The van der Waals surface area contributed by atoms with Crippen LogP contribution in [0.1, 0.15) is 90.9 Å². The van der Waals surface area contributed by atoms with Gasteiger partial charge in [-0.3, -0.25) is 9.69 Å². The number of ketones is 1. The second-order valence-electron chi connectivity index (χ2n) is 15.1. The molecule has 1 aliphatic heterocycles. The number of alkyl halides is 3. The van der Waals surface area contributed by atoms with Gasteiger partial charge >= 0.3 is 12.5 Å². The Bertz CT molecular complexity index is 1990. The van der Waals surface area contributed by atoms with E-state index >= 15 is 0 Å². The summed E-state index contributed by atoms with van der Waals surface area (Å²) in [4.78, 5) is 29.8. The molecule has 1 spiro atoms. The summed E-state index contributed by atoms with van der Waals surface area (Å²) in [5, 5.41) is 11.0. The van der Waals surface area contributed by atoms with Crippen LogP contribution in [0.5, 0.6) is 5.75 Å². The SMILES string of the molecule is CC1=CCCC2(C)C(CCC23CN(Cc2ccc(OC(F)(F)F)cc2)C(=O)O3)c2ccc(cc2C(=O)c2ccc(-c3ccccc3)cc2)CC(O)CC1. The lowest BCUT2D eigenvalue weighted by molar-refractivity contribution is -0.274. The third-order valence-corrected chi connectivity index (χ3v) is 11.7. The van der Waals surface area contributed by atoms with Gasteiger partial charge in [0.1, 0.15) is 11.4 Å². The number of halogens is 3. The first-order chi connectivity index (χ1) is 25.3. The van der Waals surface area contributed by atoms with Crippen LogP contribution < -0.4 is 4.74 Å². The Kier molecular flexibility index (Phi) is 9.98. The van der Waals surface area contributed by atoms with Gasteiger partial charge in [0, 0.05) is 23.1 Å². The predicted molar refractivity (Wildman–Crippen MR) is 197 cm³/mol. The van der Waals surface area contributed by atoms with E-state index in [2.05, 4.69) is 24.7 Å². The van der Waals surface area contributed by atoms with Crippen LogP contribution in [0.15, 0.2) is 109 Å². The Balaban J connectivity index is 1.23. The summed E-state index contributed by atoms with van der Waals surface area (Å²) >= 11 is 0. The van der Waals surface area contributed by atoms with Crippen molar-refractivity contribution in [1.82, 2.24) is 4.90 Å². The Morgan fingerprint density at radius 3 is 2.38 bits per heavy atom. The molecule has 1 heterocycles. The van der Waals surface area contributed by atoms with Crippen molar-refractivity contribution >= 4 is 11.9 Å². The van der Waals surface area contributed by atoms with Gasteiger partial charge in [0.25, 0.3) is 0 Å². The lowest BCUT2D eigenvalue weighted by Gasteiger charge is -2.43. The van der Waals surface area contributed by atoms with Crippen LogP contribution in [0, 0.1) is 5.41 Å². The molecule has 8 rings (SSSR count). The van der Waals surface area contributed by atoms with Crippen LogP contribution in [0.3, 0.4) is 0 Å². The van der Waals surface area contributed by atoms with E-state index in [4.69, 9.17) is 4.74 Å². The molecular weight excluding hydrogens is 679 g/mol. The molecule has 276 valence electrons. The molecule has 53 heavy (non-hydrogen) atoms. The van der Waals surface area contributed by atoms with E-state index in [-0.39, 0.29) is 24.0 Å². The number of carbonyl (C=O) groups is 2. The number of ether oxygens (including phenoxy) is 2. The summed E-state index contributed by atoms with van der Waals surface area (Å²) in [6.45, 7) is 4.75. The largest absolute Gasteiger partial charge is 0.573 e. The first-order valence-corrected chi connectivity index (χ1v) is 18.3. The zero-order valence-corrected chi connectivity index (χ0v) is 30.0. The molecule has 0 radical (unpaired) electrons. The third kappa shape index (κ3) is 7.63. The van der Waals surface area contributed by atoms with Gasteiger partial charge in [0.2, 0.25) is 0 Å². The maximum Gasteiger partial charge on any atom is 0.573 e. The minimum absolute atomic E-state index is 0.0925. The van der Waals surface area contributed by atoms with Crippen LogP contribution in [0.4, 0.5) is 18.0 Å². The predicted octanol–water partition coefficient (Wildman–Crippen LogP) is 10.2. The van der Waals surface area contributed by atoms with Crippen LogP contribution >= 0.6 is 0 Å². The molecule has 4 aromatic carbocycles. The smallest absolute Gasteiger partial charge is 0.440 e. The Morgan fingerprint density at radius 1 is 0.943 bits per heavy atom. The minimum Gasteiger partial charge on any atom is -0.440 e.